The monoisotopic (exact) mass is 227 g/mol. The van der Waals surface area contributed by atoms with E-state index in [1.807, 2.05) is 23.6 Å². The van der Waals surface area contributed by atoms with Gasteiger partial charge in [0.25, 0.3) is 0 Å². The minimum atomic E-state index is 0.596. The van der Waals surface area contributed by atoms with E-state index in [9.17, 15) is 0 Å². The van der Waals surface area contributed by atoms with Crippen LogP contribution in [0.25, 0.3) is 0 Å². The summed E-state index contributed by atoms with van der Waals surface area (Å²) in [6, 6.07) is 7.37. The highest BCUT2D eigenvalue weighted by Crippen LogP contribution is 2.23. The highest BCUT2D eigenvalue weighted by atomic mass is 35.5. The van der Waals surface area contributed by atoms with Crippen molar-refractivity contribution in [1.82, 2.24) is 0 Å². The fourth-order valence-electron chi connectivity index (χ4n) is 0.921. The highest BCUT2D eigenvalue weighted by Gasteiger charge is 1.98. The summed E-state index contributed by atoms with van der Waals surface area (Å²) in [7, 11) is 0. The topological polar surface area (TPSA) is 33.0 Å². The quantitative estimate of drug-likeness (QED) is 0.572. The molecule has 0 bridgehead atoms. The van der Waals surface area contributed by atoms with Gasteiger partial charge in [0.1, 0.15) is 11.2 Å². The molecule has 1 aromatic rings. The number of hydrogen-bond acceptors (Lipinski definition) is 3. The summed E-state index contributed by atoms with van der Waals surface area (Å²) < 4.78 is 5.43. The minimum Gasteiger partial charge on any atom is -0.492 e. The van der Waals surface area contributed by atoms with Crippen molar-refractivity contribution < 1.29 is 4.74 Å². The van der Waals surface area contributed by atoms with Crippen molar-refractivity contribution in [3.05, 3.63) is 29.3 Å². The molecule has 0 radical (unpaired) electrons. The first-order chi connectivity index (χ1) is 6.84. The van der Waals surface area contributed by atoms with Crippen LogP contribution in [0.5, 0.6) is 5.75 Å². The number of para-hydroxylation sites is 1. The molecule has 2 nitrogen and oxygen atoms in total. The average Bonchev–Trinajstić information content (AvgIpc) is 2.20. The molecule has 4 heteroatoms. The third kappa shape index (κ3) is 3.91. The number of halogens is 1. The number of benzene rings is 1. The Morgan fingerprint density at radius 3 is 2.93 bits per heavy atom. The van der Waals surface area contributed by atoms with Gasteiger partial charge in [0.15, 0.2) is 0 Å². The molecule has 0 amide bonds. The molecule has 0 aliphatic heterocycles. The maximum atomic E-state index is 8.28. The van der Waals surface area contributed by atoms with Crippen LogP contribution < -0.4 is 4.74 Å². The zero-order valence-electron chi connectivity index (χ0n) is 7.57. The van der Waals surface area contributed by atoms with E-state index in [-0.39, 0.29) is 0 Å². The van der Waals surface area contributed by atoms with Crippen LogP contribution in [0.4, 0.5) is 0 Å². The Morgan fingerprint density at radius 2 is 2.21 bits per heavy atom. The third-order valence-electron chi connectivity index (χ3n) is 1.55. The fourth-order valence-corrected chi connectivity index (χ4v) is 1.46. The fraction of sp³-hybridized carbons (Fsp3) is 0.300. The van der Waals surface area contributed by atoms with Gasteiger partial charge in [-0.25, -0.2) is 0 Å². The average molecular weight is 228 g/mol. The molecule has 0 atom stereocenters. The molecule has 0 aliphatic rings. The van der Waals surface area contributed by atoms with Crippen molar-refractivity contribution >= 4 is 23.4 Å². The van der Waals surface area contributed by atoms with Gasteiger partial charge >= 0.3 is 0 Å². The van der Waals surface area contributed by atoms with E-state index in [4.69, 9.17) is 21.6 Å². The molecular formula is C10H10ClNOS. The lowest BCUT2D eigenvalue weighted by molar-refractivity contribution is 0.319. The van der Waals surface area contributed by atoms with Crippen LogP contribution in [0.3, 0.4) is 0 Å². The molecule has 0 fully saturated rings. The molecule has 0 aliphatic carbocycles. The molecule has 0 N–H and O–H groups in total. The second kappa shape index (κ2) is 6.58. The lowest BCUT2D eigenvalue weighted by Crippen LogP contribution is -1.98. The molecule has 74 valence electrons. The molecule has 1 rings (SSSR count). The number of nitriles is 1. The van der Waals surface area contributed by atoms with Crippen LogP contribution in [0.15, 0.2) is 24.3 Å². The van der Waals surface area contributed by atoms with Crippen LogP contribution in [0, 0.1) is 10.7 Å². The number of thioether (sulfide) groups is 1. The zero-order valence-corrected chi connectivity index (χ0v) is 9.14. The summed E-state index contributed by atoms with van der Waals surface area (Å²) >= 11 is 7.12. The Hall–Kier alpha value is -0.850. The van der Waals surface area contributed by atoms with Crippen LogP contribution in [-0.2, 0) is 0 Å². The van der Waals surface area contributed by atoms with Gasteiger partial charge in [0.2, 0.25) is 0 Å². The zero-order chi connectivity index (χ0) is 10.2. The number of ether oxygens (including phenoxy) is 1. The standard InChI is InChI=1S/C10H10ClNOS/c11-9-4-1-2-5-10(9)13-6-3-7-14-8-12/h1-2,4-5H,3,6-7H2. The van der Waals surface area contributed by atoms with E-state index in [0.29, 0.717) is 17.4 Å². The first-order valence-corrected chi connectivity index (χ1v) is 5.59. The van der Waals surface area contributed by atoms with Gasteiger partial charge in [-0.1, -0.05) is 23.7 Å². The van der Waals surface area contributed by atoms with Gasteiger partial charge in [-0.2, -0.15) is 5.26 Å². The molecular weight excluding hydrogens is 218 g/mol. The Kier molecular flexibility index (Phi) is 5.28. The maximum absolute atomic E-state index is 8.28. The third-order valence-corrected chi connectivity index (χ3v) is 2.48. The lowest BCUT2D eigenvalue weighted by atomic mass is 10.3. The largest absolute Gasteiger partial charge is 0.492 e. The predicted molar refractivity (Wildman–Crippen MR) is 59.6 cm³/mol. The summed E-state index contributed by atoms with van der Waals surface area (Å²) in [5, 5.41) is 10.9. The summed E-state index contributed by atoms with van der Waals surface area (Å²) in [4.78, 5) is 0. The van der Waals surface area contributed by atoms with Gasteiger partial charge < -0.3 is 4.74 Å². The predicted octanol–water partition coefficient (Wildman–Crippen LogP) is 3.32. The second-order valence-corrected chi connectivity index (χ2v) is 3.86. The number of hydrogen-bond donors (Lipinski definition) is 0. The van der Waals surface area contributed by atoms with E-state index in [0.717, 1.165) is 12.2 Å². The Bertz CT molecular complexity index is 324. The lowest BCUT2D eigenvalue weighted by Gasteiger charge is -2.06. The van der Waals surface area contributed by atoms with Crippen molar-refractivity contribution in [2.75, 3.05) is 12.4 Å². The first-order valence-electron chi connectivity index (χ1n) is 4.23. The molecule has 0 unspecified atom stereocenters. The first kappa shape index (κ1) is 11.2. The summed E-state index contributed by atoms with van der Waals surface area (Å²) in [5.41, 5.74) is 0. The number of nitrogens with zero attached hydrogens (tertiary/aromatic N) is 1. The van der Waals surface area contributed by atoms with Gasteiger partial charge in [-0.15, -0.1) is 0 Å². The smallest absolute Gasteiger partial charge is 0.137 e. The Morgan fingerprint density at radius 1 is 1.43 bits per heavy atom. The van der Waals surface area contributed by atoms with E-state index in [1.54, 1.807) is 6.07 Å². The van der Waals surface area contributed by atoms with Gasteiger partial charge in [-0.05, 0) is 30.3 Å². The van der Waals surface area contributed by atoms with E-state index >= 15 is 0 Å². The number of rotatable bonds is 5. The van der Waals surface area contributed by atoms with Crippen LogP contribution in [0.1, 0.15) is 6.42 Å². The highest BCUT2D eigenvalue weighted by molar-refractivity contribution is 8.03. The van der Waals surface area contributed by atoms with E-state index in [2.05, 4.69) is 0 Å². The molecule has 14 heavy (non-hydrogen) atoms. The Balaban J connectivity index is 2.25. The van der Waals surface area contributed by atoms with Crippen LogP contribution >= 0.6 is 23.4 Å². The van der Waals surface area contributed by atoms with Crippen LogP contribution in [-0.4, -0.2) is 12.4 Å². The molecule has 0 heterocycles. The molecule has 0 spiro atoms. The van der Waals surface area contributed by atoms with Crippen molar-refractivity contribution in [2.45, 2.75) is 6.42 Å². The van der Waals surface area contributed by atoms with Crippen molar-refractivity contribution in [3.63, 3.8) is 0 Å². The molecule has 1 aromatic carbocycles. The van der Waals surface area contributed by atoms with Gasteiger partial charge in [0.05, 0.1) is 11.6 Å². The van der Waals surface area contributed by atoms with Crippen molar-refractivity contribution in [3.8, 4) is 11.2 Å². The van der Waals surface area contributed by atoms with Gasteiger partial charge in [-0.3, -0.25) is 0 Å². The SMILES string of the molecule is N#CSCCCOc1ccccc1Cl. The maximum Gasteiger partial charge on any atom is 0.137 e. The van der Waals surface area contributed by atoms with Crippen molar-refractivity contribution in [2.24, 2.45) is 0 Å². The Labute approximate surface area is 92.8 Å². The molecule has 0 aromatic heterocycles. The normalized spacial score (nSPS) is 9.43. The molecule has 0 saturated carbocycles. The van der Waals surface area contributed by atoms with E-state index < -0.39 is 0 Å². The second-order valence-electron chi connectivity index (χ2n) is 2.57. The summed E-state index contributed by atoms with van der Waals surface area (Å²) in [5.74, 6) is 1.50. The molecule has 0 saturated heterocycles. The van der Waals surface area contributed by atoms with Gasteiger partial charge in [0, 0.05) is 5.75 Å². The summed E-state index contributed by atoms with van der Waals surface area (Å²) in [6.07, 6.45) is 0.851. The number of thiocyanates is 1. The van der Waals surface area contributed by atoms with E-state index in [1.165, 1.54) is 11.8 Å². The van der Waals surface area contributed by atoms with Crippen LogP contribution in [0.2, 0.25) is 5.02 Å². The minimum absolute atomic E-state index is 0.596. The van der Waals surface area contributed by atoms with Crippen molar-refractivity contribution in [1.29, 1.82) is 5.26 Å². The summed E-state index contributed by atoms with van der Waals surface area (Å²) in [6.45, 7) is 0.596.